The van der Waals surface area contributed by atoms with E-state index in [4.69, 9.17) is 13.7 Å². The predicted octanol–water partition coefficient (Wildman–Crippen LogP) is 3.02. The molecule has 0 unspecified atom stereocenters. The number of urea groups is 1. The Morgan fingerprint density at radius 2 is 1.76 bits per heavy atom. The first-order valence-electron chi connectivity index (χ1n) is 8.89. The first-order chi connectivity index (χ1) is 13.7. The van der Waals surface area contributed by atoms with Crippen LogP contribution in [0.15, 0.2) is 42.5 Å². The van der Waals surface area contributed by atoms with Gasteiger partial charge < -0.3 is 23.9 Å². The Kier molecular flexibility index (Phi) is 7.86. The highest BCUT2D eigenvalue weighted by atomic mass is 32.2. The van der Waals surface area contributed by atoms with Gasteiger partial charge in [0.1, 0.15) is 0 Å². The molecule has 2 rings (SSSR count). The number of rotatable bonds is 9. The zero-order chi connectivity index (χ0) is 21.4. The van der Waals surface area contributed by atoms with E-state index in [9.17, 15) is 13.2 Å². The Balaban J connectivity index is 2.21. The second-order valence-corrected chi connectivity index (χ2v) is 8.06. The van der Waals surface area contributed by atoms with Crippen molar-refractivity contribution in [1.82, 2.24) is 4.90 Å². The van der Waals surface area contributed by atoms with Gasteiger partial charge in [-0.3, -0.25) is 0 Å². The molecule has 158 valence electrons. The molecule has 2 aromatic carbocycles. The van der Waals surface area contributed by atoms with E-state index >= 15 is 0 Å². The molecular weight excluding hydrogens is 396 g/mol. The molecule has 8 nitrogen and oxygen atoms in total. The normalized spacial score (nSPS) is 11.0. The first kappa shape index (κ1) is 22.5. The molecule has 0 spiro atoms. The van der Waals surface area contributed by atoms with Crippen molar-refractivity contribution in [3.63, 3.8) is 0 Å². The van der Waals surface area contributed by atoms with Crippen LogP contribution in [-0.2, 0) is 21.4 Å². The summed E-state index contributed by atoms with van der Waals surface area (Å²) in [6, 6.07) is 12.1. The fourth-order valence-electron chi connectivity index (χ4n) is 2.56. The van der Waals surface area contributed by atoms with Crippen molar-refractivity contribution < 1.29 is 26.9 Å². The van der Waals surface area contributed by atoms with Crippen molar-refractivity contribution in [2.24, 2.45) is 0 Å². The second kappa shape index (κ2) is 10.1. The highest BCUT2D eigenvalue weighted by molar-refractivity contribution is 7.86. The number of ether oxygens (including phenoxy) is 2. The number of benzene rings is 2. The molecule has 0 fully saturated rings. The molecule has 0 saturated heterocycles. The van der Waals surface area contributed by atoms with Gasteiger partial charge in [0, 0.05) is 25.9 Å². The lowest BCUT2D eigenvalue weighted by Crippen LogP contribution is -2.36. The number of nitrogens with one attached hydrogen (secondary N) is 1. The summed E-state index contributed by atoms with van der Waals surface area (Å²) >= 11 is 0. The smallest absolute Gasteiger partial charge is 0.322 e. The molecule has 0 aliphatic carbocycles. The first-order valence-corrected chi connectivity index (χ1v) is 10.7. The molecule has 9 heteroatoms. The minimum absolute atomic E-state index is 0.0677. The summed E-state index contributed by atoms with van der Waals surface area (Å²) in [5, 5.41) is 2.85. The monoisotopic (exact) mass is 422 g/mol. The summed E-state index contributed by atoms with van der Waals surface area (Å²) in [5.74, 6) is 0.352. The summed E-state index contributed by atoms with van der Waals surface area (Å²) in [5.41, 5.74) is 2.45. The van der Waals surface area contributed by atoms with Gasteiger partial charge in [0.25, 0.3) is 0 Å². The fourth-order valence-corrected chi connectivity index (χ4v) is 3.02. The molecule has 2 aromatic rings. The highest BCUT2D eigenvalue weighted by Crippen LogP contribution is 2.29. The van der Waals surface area contributed by atoms with E-state index in [0.717, 1.165) is 11.8 Å². The Labute approximate surface area is 171 Å². The summed E-state index contributed by atoms with van der Waals surface area (Å²) in [7, 11) is -0.745. The molecule has 0 radical (unpaired) electrons. The van der Waals surface area contributed by atoms with Gasteiger partial charge in [-0.05, 0) is 36.8 Å². The molecule has 29 heavy (non-hydrogen) atoms. The SMILES string of the molecule is COCCN(Cc1ccc(OC)c(OS(C)(=O)=O)c1)C(=O)Nc1ccc(C)cc1. The minimum Gasteiger partial charge on any atom is -0.493 e. The van der Waals surface area contributed by atoms with Crippen molar-refractivity contribution >= 4 is 21.8 Å². The number of anilines is 1. The summed E-state index contributed by atoms with van der Waals surface area (Å²) < 4.78 is 38.3. The number of carbonyl (C=O) groups is 1. The Morgan fingerprint density at radius 3 is 2.34 bits per heavy atom. The maximum Gasteiger partial charge on any atom is 0.322 e. The predicted molar refractivity (Wildman–Crippen MR) is 111 cm³/mol. The molecule has 0 heterocycles. The lowest BCUT2D eigenvalue weighted by molar-refractivity contribution is 0.153. The van der Waals surface area contributed by atoms with Gasteiger partial charge in [0.2, 0.25) is 0 Å². The van der Waals surface area contributed by atoms with Gasteiger partial charge in [0.15, 0.2) is 11.5 Å². The van der Waals surface area contributed by atoms with E-state index in [1.807, 2.05) is 31.2 Å². The topological polar surface area (TPSA) is 94.2 Å². The van der Waals surface area contributed by atoms with E-state index in [1.165, 1.54) is 7.11 Å². The van der Waals surface area contributed by atoms with Gasteiger partial charge in [-0.1, -0.05) is 23.8 Å². The third-order valence-electron chi connectivity index (χ3n) is 4.00. The summed E-state index contributed by atoms with van der Waals surface area (Å²) in [4.78, 5) is 14.3. The quantitative estimate of drug-likeness (QED) is 0.625. The van der Waals surface area contributed by atoms with E-state index in [1.54, 1.807) is 30.2 Å². The highest BCUT2D eigenvalue weighted by Gasteiger charge is 2.17. The Morgan fingerprint density at radius 1 is 1.07 bits per heavy atom. The number of nitrogens with zero attached hydrogens (tertiary/aromatic N) is 1. The Hall–Kier alpha value is -2.78. The van der Waals surface area contributed by atoms with Crippen LogP contribution in [0.5, 0.6) is 11.5 Å². The molecule has 0 aliphatic heterocycles. The molecule has 0 saturated carbocycles. The van der Waals surface area contributed by atoms with Crippen molar-refractivity contribution in [1.29, 1.82) is 0 Å². The number of hydrogen-bond acceptors (Lipinski definition) is 6. The van der Waals surface area contributed by atoms with Crippen molar-refractivity contribution in [2.45, 2.75) is 13.5 Å². The number of aryl methyl sites for hydroxylation is 1. The van der Waals surface area contributed by atoms with E-state index in [2.05, 4.69) is 5.32 Å². The van der Waals surface area contributed by atoms with Crippen LogP contribution in [0.2, 0.25) is 0 Å². The van der Waals surface area contributed by atoms with Crippen LogP contribution >= 0.6 is 0 Å². The van der Waals surface area contributed by atoms with Crippen LogP contribution in [0.1, 0.15) is 11.1 Å². The standard InChI is InChI=1S/C20H26N2O6S/c1-15-5-8-17(9-6-15)21-20(23)22(11-12-26-2)14-16-7-10-18(27-3)19(13-16)28-29(4,24)25/h5-10,13H,11-12,14H2,1-4H3,(H,21,23). The molecule has 0 bridgehead atoms. The second-order valence-electron chi connectivity index (χ2n) is 6.48. The largest absolute Gasteiger partial charge is 0.493 e. The summed E-state index contributed by atoms with van der Waals surface area (Å²) in [6.07, 6.45) is 0.957. The van der Waals surface area contributed by atoms with E-state index < -0.39 is 10.1 Å². The van der Waals surface area contributed by atoms with Crippen molar-refractivity contribution in [3.05, 3.63) is 53.6 Å². The maximum atomic E-state index is 12.8. The van der Waals surface area contributed by atoms with E-state index in [-0.39, 0.29) is 24.1 Å². The zero-order valence-electron chi connectivity index (χ0n) is 17.0. The van der Waals surface area contributed by atoms with E-state index in [0.29, 0.717) is 24.4 Å². The van der Waals surface area contributed by atoms with Crippen molar-refractivity contribution in [3.8, 4) is 11.5 Å². The molecule has 0 aromatic heterocycles. The lowest BCUT2D eigenvalue weighted by Gasteiger charge is -2.23. The van der Waals surface area contributed by atoms with Gasteiger partial charge in [0.05, 0.1) is 20.0 Å². The zero-order valence-corrected chi connectivity index (χ0v) is 17.8. The average Bonchev–Trinajstić information content (AvgIpc) is 2.65. The van der Waals surface area contributed by atoms with Crippen LogP contribution in [0.3, 0.4) is 0 Å². The minimum atomic E-state index is -3.72. The number of hydrogen-bond donors (Lipinski definition) is 1. The third kappa shape index (κ3) is 7.28. The van der Waals surface area contributed by atoms with Crippen LogP contribution in [0.4, 0.5) is 10.5 Å². The van der Waals surface area contributed by atoms with Crippen LogP contribution in [0, 0.1) is 6.92 Å². The summed E-state index contributed by atoms with van der Waals surface area (Å²) in [6.45, 7) is 2.90. The van der Waals surface area contributed by atoms with Crippen LogP contribution in [0.25, 0.3) is 0 Å². The van der Waals surface area contributed by atoms with Gasteiger partial charge >= 0.3 is 16.1 Å². The van der Waals surface area contributed by atoms with Gasteiger partial charge in [-0.2, -0.15) is 8.42 Å². The fraction of sp³-hybridized carbons (Fsp3) is 0.350. The molecule has 0 aliphatic rings. The average molecular weight is 423 g/mol. The van der Waals surface area contributed by atoms with Crippen LogP contribution in [-0.4, -0.2) is 53.0 Å². The third-order valence-corrected chi connectivity index (χ3v) is 4.48. The lowest BCUT2D eigenvalue weighted by atomic mass is 10.2. The van der Waals surface area contributed by atoms with Gasteiger partial charge in [-0.25, -0.2) is 4.79 Å². The van der Waals surface area contributed by atoms with Gasteiger partial charge in [-0.15, -0.1) is 0 Å². The number of methoxy groups -OCH3 is 2. The number of amides is 2. The molecule has 1 N–H and O–H groups in total. The molecular formula is C20H26N2O6S. The maximum absolute atomic E-state index is 12.8. The van der Waals surface area contributed by atoms with Crippen LogP contribution < -0.4 is 14.2 Å². The van der Waals surface area contributed by atoms with Crippen molar-refractivity contribution in [2.75, 3.05) is 38.9 Å². The molecule has 0 atom stereocenters. The number of carbonyl (C=O) groups excluding carboxylic acids is 1. The molecule has 2 amide bonds. The Bertz CT molecular complexity index is 928.